The van der Waals surface area contributed by atoms with E-state index in [4.69, 9.17) is 14.2 Å². The van der Waals surface area contributed by atoms with E-state index in [1.54, 1.807) is 14.2 Å². The third kappa shape index (κ3) is 8.89. The van der Waals surface area contributed by atoms with Gasteiger partial charge in [-0.25, -0.2) is 0 Å². The molecule has 1 N–H and O–H groups in total. The smallest absolute Gasteiger partial charge is 0.143 e. The molecule has 2 saturated heterocycles. The summed E-state index contributed by atoms with van der Waals surface area (Å²) in [7, 11) is 3.39. The third-order valence-electron chi connectivity index (χ3n) is 10.0. The molecule has 49 heavy (non-hydrogen) atoms. The molecular weight excluding hydrogens is 612 g/mol. The van der Waals surface area contributed by atoms with Crippen LogP contribution in [0.2, 0.25) is 0 Å². The van der Waals surface area contributed by atoms with Crippen molar-refractivity contribution in [1.82, 2.24) is 19.6 Å². The van der Waals surface area contributed by atoms with Gasteiger partial charge in [-0.1, -0.05) is 78.9 Å². The van der Waals surface area contributed by atoms with Crippen molar-refractivity contribution in [2.75, 3.05) is 92.9 Å². The van der Waals surface area contributed by atoms with Crippen LogP contribution in [0.4, 0.5) is 0 Å². The van der Waals surface area contributed by atoms with Gasteiger partial charge in [-0.05, 0) is 52.1 Å². The fraction of sp³-hybridized carbons (Fsp3) is 0.415. The van der Waals surface area contributed by atoms with E-state index in [2.05, 4.69) is 98.5 Å². The van der Waals surface area contributed by atoms with Crippen molar-refractivity contribution in [3.05, 3.63) is 131 Å². The SMILES string of the molecule is COc1ccc(C(OCCN2CCN(Cc3cccc(CN4CCN(CCO)CC4)c3)CC2)(c2ccccc2)c2ccc(OC)cc2)cc1. The van der Waals surface area contributed by atoms with Crippen molar-refractivity contribution in [1.29, 1.82) is 0 Å². The first-order chi connectivity index (χ1) is 24.1. The molecule has 2 heterocycles. The highest BCUT2D eigenvalue weighted by molar-refractivity contribution is 5.49. The molecular formula is C41H52N4O4. The van der Waals surface area contributed by atoms with Crippen LogP contribution >= 0.6 is 0 Å². The number of hydrogen-bond acceptors (Lipinski definition) is 8. The summed E-state index contributed by atoms with van der Waals surface area (Å²) in [6, 6.07) is 36.1. The maximum absolute atomic E-state index is 9.24. The molecule has 2 aliphatic heterocycles. The number of hydrogen-bond donors (Lipinski definition) is 1. The summed E-state index contributed by atoms with van der Waals surface area (Å²) in [5, 5.41) is 9.24. The van der Waals surface area contributed by atoms with Gasteiger partial charge in [0.2, 0.25) is 0 Å². The molecule has 8 heteroatoms. The molecule has 0 saturated carbocycles. The van der Waals surface area contributed by atoms with Crippen molar-refractivity contribution in [3.63, 3.8) is 0 Å². The lowest BCUT2D eigenvalue weighted by atomic mass is 9.80. The van der Waals surface area contributed by atoms with Gasteiger partial charge in [0.05, 0.1) is 27.4 Å². The number of aliphatic hydroxyl groups is 1. The van der Waals surface area contributed by atoms with Crippen LogP contribution in [-0.4, -0.2) is 118 Å². The first-order valence-corrected chi connectivity index (χ1v) is 17.7. The molecule has 0 atom stereocenters. The molecule has 0 bridgehead atoms. The van der Waals surface area contributed by atoms with Crippen molar-refractivity contribution in [2.45, 2.75) is 18.7 Å². The quantitative estimate of drug-likeness (QED) is 0.180. The Balaban J connectivity index is 1.07. The van der Waals surface area contributed by atoms with E-state index < -0.39 is 5.60 Å². The fourth-order valence-electron chi connectivity index (χ4n) is 7.23. The molecule has 0 unspecified atom stereocenters. The molecule has 0 amide bonds. The van der Waals surface area contributed by atoms with E-state index >= 15 is 0 Å². The van der Waals surface area contributed by atoms with Gasteiger partial charge in [-0.15, -0.1) is 0 Å². The Kier molecular flexibility index (Phi) is 12.4. The molecule has 0 spiro atoms. The molecule has 8 nitrogen and oxygen atoms in total. The van der Waals surface area contributed by atoms with Crippen LogP contribution in [0.5, 0.6) is 11.5 Å². The van der Waals surface area contributed by atoms with E-state index in [1.807, 2.05) is 24.3 Å². The zero-order valence-electron chi connectivity index (χ0n) is 29.2. The number of benzene rings is 4. The summed E-state index contributed by atoms with van der Waals surface area (Å²) in [6.45, 7) is 12.7. The molecule has 2 fully saturated rings. The topological polar surface area (TPSA) is 60.9 Å². The van der Waals surface area contributed by atoms with Crippen LogP contribution in [0.1, 0.15) is 27.8 Å². The Hall–Kier alpha value is -3.76. The Morgan fingerprint density at radius 3 is 1.45 bits per heavy atom. The largest absolute Gasteiger partial charge is 0.497 e. The minimum Gasteiger partial charge on any atom is -0.497 e. The second kappa shape index (κ2) is 17.3. The van der Waals surface area contributed by atoms with Gasteiger partial charge in [-0.3, -0.25) is 19.6 Å². The fourth-order valence-corrected chi connectivity index (χ4v) is 7.23. The van der Waals surface area contributed by atoms with Crippen LogP contribution in [-0.2, 0) is 23.4 Å². The summed E-state index contributed by atoms with van der Waals surface area (Å²) < 4.78 is 18.1. The van der Waals surface area contributed by atoms with Gasteiger partial charge >= 0.3 is 0 Å². The van der Waals surface area contributed by atoms with Crippen molar-refractivity contribution in [3.8, 4) is 11.5 Å². The van der Waals surface area contributed by atoms with E-state index in [0.29, 0.717) is 6.61 Å². The predicted molar refractivity (Wildman–Crippen MR) is 195 cm³/mol. The summed E-state index contributed by atoms with van der Waals surface area (Å²) in [6.07, 6.45) is 0. The Morgan fingerprint density at radius 2 is 0.980 bits per heavy atom. The van der Waals surface area contributed by atoms with Crippen LogP contribution in [0.3, 0.4) is 0 Å². The van der Waals surface area contributed by atoms with E-state index in [0.717, 1.165) is 107 Å². The lowest BCUT2D eigenvalue weighted by Crippen LogP contribution is -2.47. The highest BCUT2D eigenvalue weighted by Crippen LogP contribution is 2.41. The minimum absolute atomic E-state index is 0.244. The summed E-state index contributed by atoms with van der Waals surface area (Å²) >= 11 is 0. The average molecular weight is 665 g/mol. The van der Waals surface area contributed by atoms with Crippen molar-refractivity contribution in [2.24, 2.45) is 0 Å². The third-order valence-corrected chi connectivity index (χ3v) is 10.0. The molecule has 2 aliphatic rings. The summed E-state index contributed by atoms with van der Waals surface area (Å²) in [5.41, 5.74) is 5.18. The lowest BCUT2D eigenvalue weighted by Gasteiger charge is -2.38. The van der Waals surface area contributed by atoms with E-state index in [1.165, 1.54) is 11.1 Å². The number of aliphatic hydroxyl groups excluding tert-OH is 1. The Morgan fingerprint density at radius 1 is 0.531 bits per heavy atom. The van der Waals surface area contributed by atoms with Crippen molar-refractivity contribution >= 4 is 0 Å². The van der Waals surface area contributed by atoms with Gasteiger partial charge in [0.15, 0.2) is 0 Å². The first kappa shape index (κ1) is 35.1. The number of rotatable bonds is 15. The highest BCUT2D eigenvalue weighted by atomic mass is 16.5. The second-order valence-electron chi connectivity index (χ2n) is 13.1. The maximum atomic E-state index is 9.24. The second-order valence-corrected chi connectivity index (χ2v) is 13.1. The van der Waals surface area contributed by atoms with Crippen LogP contribution in [0.25, 0.3) is 0 Å². The zero-order valence-corrected chi connectivity index (χ0v) is 29.2. The molecule has 4 aromatic rings. The predicted octanol–water partition coefficient (Wildman–Crippen LogP) is 4.94. The number of β-amino-alcohol motifs (C(OH)–C–C–N with tert-alkyl or cyclic N) is 1. The van der Waals surface area contributed by atoms with Gasteiger partial charge in [0, 0.05) is 78.5 Å². The maximum Gasteiger partial charge on any atom is 0.143 e. The molecule has 0 aromatic heterocycles. The van der Waals surface area contributed by atoms with Crippen LogP contribution in [0.15, 0.2) is 103 Å². The van der Waals surface area contributed by atoms with Crippen LogP contribution in [0, 0.1) is 0 Å². The van der Waals surface area contributed by atoms with E-state index in [-0.39, 0.29) is 6.61 Å². The Labute approximate surface area is 292 Å². The Bertz CT molecular complexity index is 1500. The number of methoxy groups -OCH3 is 2. The number of nitrogens with zero attached hydrogens (tertiary/aromatic N) is 4. The zero-order chi connectivity index (χ0) is 33.9. The normalized spacial score (nSPS) is 16.9. The van der Waals surface area contributed by atoms with Gasteiger partial charge in [-0.2, -0.15) is 0 Å². The lowest BCUT2D eigenvalue weighted by molar-refractivity contribution is -0.00535. The molecule has 0 radical (unpaired) electrons. The number of piperazine rings is 2. The van der Waals surface area contributed by atoms with Gasteiger partial charge < -0.3 is 19.3 Å². The molecule has 260 valence electrons. The first-order valence-electron chi connectivity index (χ1n) is 17.7. The van der Waals surface area contributed by atoms with Gasteiger partial charge in [0.25, 0.3) is 0 Å². The molecule has 0 aliphatic carbocycles. The monoisotopic (exact) mass is 664 g/mol. The standard InChI is InChI=1S/C41H52N4O4/c1-47-39-15-11-37(12-16-39)41(36-9-4-3-5-10-36,38-13-17-40(48-2)18-14-38)49-30-28-43-21-25-45(26-22-43)33-35-8-6-7-34(31-35)32-44-23-19-42(20-24-44)27-29-46/h3-18,31,46H,19-30,32-33H2,1-2H3. The highest BCUT2D eigenvalue weighted by Gasteiger charge is 2.38. The summed E-state index contributed by atoms with van der Waals surface area (Å²) in [4.78, 5) is 9.98. The summed E-state index contributed by atoms with van der Waals surface area (Å²) in [5.74, 6) is 1.64. The van der Waals surface area contributed by atoms with Crippen molar-refractivity contribution < 1.29 is 19.3 Å². The van der Waals surface area contributed by atoms with Gasteiger partial charge in [0.1, 0.15) is 17.1 Å². The minimum atomic E-state index is -0.792. The number of ether oxygens (including phenoxy) is 3. The van der Waals surface area contributed by atoms with E-state index in [9.17, 15) is 5.11 Å². The average Bonchev–Trinajstić information content (AvgIpc) is 3.16. The molecule has 6 rings (SSSR count). The van der Waals surface area contributed by atoms with Crippen LogP contribution < -0.4 is 9.47 Å². The molecule has 4 aromatic carbocycles.